The van der Waals surface area contributed by atoms with Gasteiger partial charge in [-0.25, -0.2) is 9.48 Å². The van der Waals surface area contributed by atoms with Crippen molar-refractivity contribution in [1.29, 1.82) is 0 Å². The molecule has 0 atom stereocenters. The number of benzene rings is 2. The summed E-state index contributed by atoms with van der Waals surface area (Å²) in [6.45, 7) is 0. The Hall–Kier alpha value is -1.87. The van der Waals surface area contributed by atoms with Crippen LogP contribution in [0.15, 0.2) is 59.3 Å². The van der Waals surface area contributed by atoms with E-state index in [1.807, 2.05) is 30.3 Å². The molecule has 116 valence electrons. The lowest BCUT2D eigenvalue weighted by Gasteiger charge is -2.14. The Morgan fingerprint density at radius 1 is 1.26 bits per heavy atom. The number of hydrogen-bond donors (Lipinski definition) is 2. The summed E-state index contributed by atoms with van der Waals surface area (Å²) >= 11 is 5.63. The van der Waals surface area contributed by atoms with E-state index >= 15 is 0 Å². The summed E-state index contributed by atoms with van der Waals surface area (Å²) in [5, 5.41) is 16.8. The molecule has 0 unspecified atom stereocenters. The summed E-state index contributed by atoms with van der Waals surface area (Å²) in [5.41, 5.74) is 2.27. The van der Waals surface area contributed by atoms with Crippen LogP contribution in [0, 0.1) is 3.57 Å². The molecule has 0 bridgehead atoms. The first-order chi connectivity index (χ1) is 11.0. The number of carboxylic acid groups (broad SMARTS) is 1. The SMILES string of the molecule is O=C(O)c1cc(Br)c(-n2cccn2)cc1Nc1ccc(I)cc1. The molecule has 3 rings (SSSR count). The lowest BCUT2D eigenvalue weighted by atomic mass is 10.1. The number of nitrogens with one attached hydrogen (secondary N) is 1. The van der Waals surface area contributed by atoms with E-state index in [1.165, 1.54) is 0 Å². The number of carbonyl (C=O) groups is 1. The van der Waals surface area contributed by atoms with Gasteiger partial charge < -0.3 is 10.4 Å². The van der Waals surface area contributed by atoms with Crippen LogP contribution in [0.4, 0.5) is 11.4 Å². The van der Waals surface area contributed by atoms with Crippen LogP contribution in [0.5, 0.6) is 0 Å². The van der Waals surface area contributed by atoms with Crippen molar-refractivity contribution < 1.29 is 9.90 Å². The summed E-state index contributed by atoms with van der Waals surface area (Å²) in [4.78, 5) is 11.5. The topological polar surface area (TPSA) is 67.1 Å². The van der Waals surface area contributed by atoms with Gasteiger partial charge in [-0.3, -0.25) is 0 Å². The van der Waals surface area contributed by atoms with Crippen LogP contribution in [0.25, 0.3) is 5.69 Å². The van der Waals surface area contributed by atoms with Crippen molar-refractivity contribution in [2.75, 3.05) is 5.32 Å². The van der Waals surface area contributed by atoms with Gasteiger partial charge in [0.15, 0.2) is 0 Å². The van der Waals surface area contributed by atoms with Gasteiger partial charge in [-0.1, -0.05) is 0 Å². The minimum Gasteiger partial charge on any atom is -0.478 e. The zero-order valence-electron chi connectivity index (χ0n) is 11.7. The van der Waals surface area contributed by atoms with Crippen LogP contribution in [-0.4, -0.2) is 20.9 Å². The van der Waals surface area contributed by atoms with Crippen molar-refractivity contribution in [3.05, 3.63) is 68.5 Å². The van der Waals surface area contributed by atoms with Gasteiger partial charge in [0.1, 0.15) is 0 Å². The van der Waals surface area contributed by atoms with Crippen molar-refractivity contribution in [2.24, 2.45) is 0 Å². The predicted octanol–water partition coefficient (Wildman–Crippen LogP) is 4.68. The molecule has 0 fully saturated rings. The summed E-state index contributed by atoms with van der Waals surface area (Å²) < 4.78 is 3.45. The summed E-state index contributed by atoms with van der Waals surface area (Å²) in [5.74, 6) is -0.995. The fourth-order valence-corrected chi connectivity index (χ4v) is 3.00. The Labute approximate surface area is 154 Å². The third-order valence-corrected chi connectivity index (χ3v) is 4.55. The Kier molecular flexibility index (Phi) is 4.67. The average molecular weight is 484 g/mol. The summed E-state index contributed by atoms with van der Waals surface area (Å²) in [6, 6.07) is 12.9. The van der Waals surface area contributed by atoms with Crippen molar-refractivity contribution >= 4 is 55.9 Å². The molecule has 1 heterocycles. The van der Waals surface area contributed by atoms with E-state index in [0.717, 1.165) is 14.9 Å². The molecule has 0 aliphatic heterocycles. The third kappa shape index (κ3) is 3.56. The second kappa shape index (κ2) is 6.71. The zero-order valence-corrected chi connectivity index (χ0v) is 15.4. The number of anilines is 2. The fourth-order valence-electron chi connectivity index (χ4n) is 2.12. The standard InChI is InChI=1S/C16H11BrIN3O2/c17-13-8-12(16(22)23)14(9-15(13)21-7-1-6-19-21)20-11-4-2-10(18)3-5-11/h1-9,20H,(H,22,23). The monoisotopic (exact) mass is 483 g/mol. The van der Waals surface area contributed by atoms with Crippen LogP contribution in [0.1, 0.15) is 10.4 Å². The van der Waals surface area contributed by atoms with E-state index in [0.29, 0.717) is 10.2 Å². The second-order valence-electron chi connectivity index (χ2n) is 4.74. The maximum Gasteiger partial charge on any atom is 0.337 e. The highest BCUT2D eigenvalue weighted by Crippen LogP contribution is 2.30. The fraction of sp³-hybridized carbons (Fsp3) is 0. The predicted molar refractivity (Wildman–Crippen MR) is 101 cm³/mol. The highest BCUT2D eigenvalue weighted by Gasteiger charge is 2.15. The number of aromatic carboxylic acids is 1. The normalized spacial score (nSPS) is 10.5. The lowest BCUT2D eigenvalue weighted by Crippen LogP contribution is -2.06. The molecular formula is C16H11BrIN3O2. The largest absolute Gasteiger partial charge is 0.478 e. The van der Waals surface area contributed by atoms with E-state index in [2.05, 4.69) is 48.9 Å². The van der Waals surface area contributed by atoms with Crippen LogP contribution in [-0.2, 0) is 0 Å². The van der Waals surface area contributed by atoms with Gasteiger partial charge in [0.25, 0.3) is 0 Å². The average Bonchev–Trinajstić information content (AvgIpc) is 3.05. The smallest absolute Gasteiger partial charge is 0.337 e. The quantitative estimate of drug-likeness (QED) is 0.529. The molecule has 0 spiro atoms. The molecule has 2 N–H and O–H groups in total. The van der Waals surface area contributed by atoms with Gasteiger partial charge in [-0.05, 0) is 81.0 Å². The van der Waals surface area contributed by atoms with Crippen LogP contribution in [0.3, 0.4) is 0 Å². The van der Waals surface area contributed by atoms with Gasteiger partial charge in [-0.15, -0.1) is 0 Å². The molecule has 0 radical (unpaired) electrons. The first kappa shape index (κ1) is 16.0. The summed E-state index contributed by atoms with van der Waals surface area (Å²) in [7, 11) is 0. The van der Waals surface area contributed by atoms with Crippen molar-refractivity contribution in [3.8, 4) is 5.69 Å². The third-order valence-electron chi connectivity index (χ3n) is 3.19. The minimum absolute atomic E-state index is 0.186. The molecule has 0 saturated heterocycles. The molecule has 1 aromatic heterocycles. The van der Waals surface area contributed by atoms with Gasteiger partial charge >= 0.3 is 5.97 Å². The van der Waals surface area contributed by atoms with Crippen molar-refractivity contribution in [3.63, 3.8) is 0 Å². The van der Waals surface area contributed by atoms with E-state index < -0.39 is 5.97 Å². The first-order valence-corrected chi connectivity index (χ1v) is 8.51. The Morgan fingerprint density at radius 2 is 2.00 bits per heavy atom. The van der Waals surface area contributed by atoms with Crippen molar-refractivity contribution in [2.45, 2.75) is 0 Å². The van der Waals surface area contributed by atoms with E-state index in [1.54, 1.807) is 29.2 Å². The first-order valence-electron chi connectivity index (χ1n) is 6.64. The van der Waals surface area contributed by atoms with E-state index in [-0.39, 0.29) is 5.56 Å². The Bertz CT molecular complexity index is 849. The number of nitrogens with zero attached hydrogens (tertiary/aromatic N) is 2. The molecule has 5 nitrogen and oxygen atoms in total. The second-order valence-corrected chi connectivity index (χ2v) is 6.84. The van der Waals surface area contributed by atoms with Gasteiger partial charge in [0, 0.05) is 26.1 Å². The van der Waals surface area contributed by atoms with Gasteiger partial charge in [0.05, 0.1) is 16.9 Å². The molecule has 0 saturated carbocycles. The van der Waals surface area contributed by atoms with Crippen molar-refractivity contribution in [1.82, 2.24) is 9.78 Å². The van der Waals surface area contributed by atoms with E-state index in [4.69, 9.17) is 0 Å². The molecular weight excluding hydrogens is 473 g/mol. The van der Waals surface area contributed by atoms with Crippen LogP contribution in [0.2, 0.25) is 0 Å². The molecule has 2 aromatic carbocycles. The highest BCUT2D eigenvalue weighted by atomic mass is 127. The lowest BCUT2D eigenvalue weighted by molar-refractivity contribution is 0.0698. The molecule has 0 aliphatic carbocycles. The maximum absolute atomic E-state index is 11.5. The molecule has 0 aliphatic rings. The minimum atomic E-state index is -0.995. The number of hydrogen-bond acceptors (Lipinski definition) is 3. The molecule has 7 heteroatoms. The van der Waals surface area contributed by atoms with E-state index in [9.17, 15) is 9.90 Å². The number of halogens is 2. The molecule has 23 heavy (non-hydrogen) atoms. The van der Waals surface area contributed by atoms with Crippen LogP contribution < -0.4 is 5.32 Å². The Balaban J connectivity index is 2.07. The number of aromatic nitrogens is 2. The van der Waals surface area contributed by atoms with Gasteiger partial charge in [-0.2, -0.15) is 5.10 Å². The number of carboxylic acids is 1. The van der Waals surface area contributed by atoms with Gasteiger partial charge in [0.2, 0.25) is 0 Å². The molecule has 3 aromatic rings. The maximum atomic E-state index is 11.5. The highest BCUT2D eigenvalue weighted by molar-refractivity contribution is 14.1. The zero-order chi connectivity index (χ0) is 16.4. The van der Waals surface area contributed by atoms with Crippen LogP contribution >= 0.6 is 38.5 Å². The molecule has 0 amide bonds. The summed E-state index contributed by atoms with van der Waals surface area (Å²) in [6.07, 6.45) is 3.47. The number of rotatable bonds is 4. The Morgan fingerprint density at radius 3 is 2.61 bits per heavy atom.